The van der Waals surface area contributed by atoms with Crippen LogP contribution in [0.3, 0.4) is 0 Å². The number of amides is 1. The fourth-order valence-electron chi connectivity index (χ4n) is 1.32. The Hall–Kier alpha value is -0.790. The van der Waals surface area contributed by atoms with E-state index in [0.717, 1.165) is 24.2 Å². The van der Waals surface area contributed by atoms with E-state index >= 15 is 0 Å². The van der Waals surface area contributed by atoms with Crippen molar-refractivity contribution >= 4 is 5.91 Å². The number of hydrogen-bond acceptors (Lipinski definition) is 1. The molecule has 0 aromatic rings. The van der Waals surface area contributed by atoms with Gasteiger partial charge in [-0.25, -0.2) is 0 Å². The van der Waals surface area contributed by atoms with E-state index in [-0.39, 0.29) is 5.91 Å². The second-order valence-electron chi connectivity index (χ2n) is 3.94. The molecule has 1 aliphatic rings. The molecule has 68 valence electrons. The monoisotopic (exact) mass is 167 g/mol. The van der Waals surface area contributed by atoms with E-state index in [0.29, 0.717) is 5.92 Å². The molecule has 1 aliphatic heterocycles. The second kappa shape index (κ2) is 3.30. The van der Waals surface area contributed by atoms with Gasteiger partial charge in [-0.05, 0) is 26.7 Å². The van der Waals surface area contributed by atoms with Crippen molar-refractivity contribution in [2.24, 2.45) is 5.92 Å². The van der Waals surface area contributed by atoms with Gasteiger partial charge in [0.05, 0.1) is 0 Å². The first kappa shape index (κ1) is 9.30. The van der Waals surface area contributed by atoms with Gasteiger partial charge < -0.3 is 4.90 Å². The van der Waals surface area contributed by atoms with Gasteiger partial charge >= 0.3 is 0 Å². The molecule has 0 spiro atoms. The highest BCUT2D eigenvalue weighted by Crippen LogP contribution is 2.18. The Labute approximate surface area is 74.2 Å². The first-order valence-corrected chi connectivity index (χ1v) is 4.45. The van der Waals surface area contributed by atoms with Gasteiger partial charge in [-0.3, -0.25) is 4.79 Å². The number of carbonyl (C=O) groups excluding carboxylic acids is 1. The summed E-state index contributed by atoms with van der Waals surface area (Å²) in [5, 5.41) is 0. The molecule has 0 atom stereocenters. The van der Waals surface area contributed by atoms with E-state index in [1.807, 2.05) is 25.7 Å². The molecule has 0 radical (unpaired) electrons. The molecule has 2 nitrogen and oxygen atoms in total. The zero-order valence-corrected chi connectivity index (χ0v) is 8.35. The summed E-state index contributed by atoms with van der Waals surface area (Å²) < 4.78 is 0. The van der Waals surface area contributed by atoms with Gasteiger partial charge in [0, 0.05) is 18.7 Å². The molecule has 0 unspecified atom stereocenters. The first-order chi connectivity index (χ1) is 5.52. The van der Waals surface area contributed by atoms with Gasteiger partial charge in [0.1, 0.15) is 0 Å². The fraction of sp³-hybridized carbons (Fsp3) is 0.700. The third-order valence-corrected chi connectivity index (χ3v) is 2.42. The van der Waals surface area contributed by atoms with Crippen molar-refractivity contribution in [2.45, 2.75) is 27.7 Å². The molecule has 0 bridgehead atoms. The minimum absolute atomic E-state index is 0.216. The Morgan fingerprint density at radius 3 is 2.08 bits per heavy atom. The lowest BCUT2D eigenvalue weighted by molar-refractivity contribution is -0.132. The van der Waals surface area contributed by atoms with Crippen LogP contribution in [0.2, 0.25) is 0 Å². The van der Waals surface area contributed by atoms with Gasteiger partial charge in [0.25, 0.3) is 0 Å². The van der Waals surface area contributed by atoms with Crippen LogP contribution in [0.5, 0.6) is 0 Å². The third-order valence-electron chi connectivity index (χ3n) is 2.42. The van der Waals surface area contributed by atoms with Gasteiger partial charge in [-0.1, -0.05) is 12.5 Å². The van der Waals surface area contributed by atoms with Crippen LogP contribution < -0.4 is 0 Å². The number of likely N-dealkylation sites (tertiary alicyclic amines) is 1. The maximum Gasteiger partial charge on any atom is 0.249 e. The summed E-state index contributed by atoms with van der Waals surface area (Å²) in [7, 11) is 0. The lowest BCUT2D eigenvalue weighted by atomic mass is 10.0. The van der Waals surface area contributed by atoms with Crippen LogP contribution in [-0.2, 0) is 4.79 Å². The van der Waals surface area contributed by atoms with Crippen molar-refractivity contribution < 1.29 is 4.79 Å². The fourth-order valence-corrected chi connectivity index (χ4v) is 1.32. The summed E-state index contributed by atoms with van der Waals surface area (Å²) in [5.41, 5.74) is 2.03. The summed E-state index contributed by atoms with van der Waals surface area (Å²) in [6, 6.07) is 0. The van der Waals surface area contributed by atoms with Crippen molar-refractivity contribution in [3.8, 4) is 0 Å². The third kappa shape index (κ3) is 1.68. The normalized spacial score (nSPS) is 17.2. The highest BCUT2D eigenvalue weighted by Gasteiger charge is 2.27. The number of rotatable bonds is 1. The Morgan fingerprint density at radius 2 is 1.75 bits per heavy atom. The maximum absolute atomic E-state index is 11.6. The summed E-state index contributed by atoms with van der Waals surface area (Å²) in [5.74, 6) is 0.909. The Morgan fingerprint density at radius 1 is 1.25 bits per heavy atom. The predicted octanol–water partition coefficient (Wildman–Crippen LogP) is 1.82. The topological polar surface area (TPSA) is 20.3 Å². The highest BCUT2D eigenvalue weighted by molar-refractivity contribution is 5.93. The van der Waals surface area contributed by atoms with E-state index < -0.39 is 0 Å². The number of hydrogen-bond donors (Lipinski definition) is 0. The Balaban J connectivity index is 2.55. The average molecular weight is 167 g/mol. The molecule has 1 heterocycles. The minimum atomic E-state index is 0.216. The van der Waals surface area contributed by atoms with Crippen LogP contribution in [0, 0.1) is 5.92 Å². The minimum Gasteiger partial charge on any atom is -0.338 e. The maximum atomic E-state index is 11.6. The van der Waals surface area contributed by atoms with E-state index in [9.17, 15) is 4.79 Å². The molecule has 1 fully saturated rings. The molecule has 1 amide bonds. The summed E-state index contributed by atoms with van der Waals surface area (Å²) in [6.07, 6.45) is 0. The lowest BCUT2D eigenvalue weighted by Crippen LogP contribution is -2.49. The molecule has 0 aromatic carbocycles. The van der Waals surface area contributed by atoms with Crippen LogP contribution in [-0.4, -0.2) is 23.9 Å². The molecule has 1 rings (SSSR count). The molecule has 0 N–H and O–H groups in total. The van der Waals surface area contributed by atoms with Gasteiger partial charge in [0.2, 0.25) is 5.91 Å². The molecule has 12 heavy (non-hydrogen) atoms. The van der Waals surface area contributed by atoms with Crippen molar-refractivity contribution in [3.05, 3.63) is 11.1 Å². The zero-order chi connectivity index (χ0) is 9.30. The molecule has 2 heteroatoms. The van der Waals surface area contributed by atoms with Crippen LogP contribution in [0.25, 0.3) is 0 Å². The average Bonchev–Trinajstić information content (AvgIpc) is 1.95. The first-order valence-electron chi connectivity index (χ1n) is 4.45. The summed E-state index contributed by atoms with van der Waals surface area (Å²) in [4.78, 5) is 13.5. The molecular formula is C10H17NO. The van der Waals surface area contributed by atoms with E-state index in [4.69, 9.17) is 0 Å². The SMILES string of the molecule is CC(C)=C(C)C(=O)N1CC(C)C1. The van der Waals surface area contributed by atoms with Crippen LogP contribution in [0.4, 0.5) is 0 Å². The summed E-state index contributed by atoms with van der Waals surface area (Å²) in [6.45, 7) is 9.90. The van der Waals surface area contributed by atoms with Crippen molar-refractivity contribution in [3.63, 3.8) is 0 Å². The number of nitrogens with zero attached hydrogens (tertiary/aromatic N) is 1. The lowest BCUT2D eigenvalue weighted by Gasteiger charge is -2.37. The largest absolute Gasteiger partial charge is 0.338 e. The standard InChI is InChI=1S/C10H17NO/c1-7(2)9(4)10(12)11-5-8(3)6-11/h8H,5-6H2,1-4H3. The summed E-state index contributed by atoms with van der Waals surface area (Å²) >= 11 is 0. The predicted molar refractivity (Wildman–Crippen MR) is 49.8 cm³/mol. The van der Waals surface area contributed by atoms with E-state index in [2.05, 4.69) is 6.92 Å². The molecule has 0 aromatic heterocycles. The Kier molecular flexibility index (Phi) is 2.55. The molecular weight excluding hydrogens is 150 g/mol. The zero-order valence-electron chi connectivity index (χ0n) is 8.35. The van der Waals surface area contributed by atoms with Crippen molar-refractivity contribution in [1.82, 2.24) is 4.90 Å². The van der Waals surface area contributed by atoms with Crippen LogP contribution >= 0.6 is 0 Å². The molecule has 0 aliphatic carbocycles. The van der Waals surface area contributed by atoms with Gasteiger partial charge in [0.15, 0.2) is 0 Å². The number of carbonyl (C=O) groups is 1. The Bertz CT molecular complexity index is 220. The molecule has 0 saturated carbocycles. The molecule has 1 saturated heterocycles. The number of allylic oxidation sites excluding steroid dienone is 1. The van der Waals surface area contributed by atoms with Crippen molar-refractivity contribution in [1.29, 1.82) is 0 Å². The quantitative estimate of drug-likeness (QED) is 0.545. The van der Waals surface area contributed by atoms with E-state index in [1.54, 1.807) is 0 Å². The highest BCUT2D eigenvalue weighted by atomic mass is 16.2. The van der Waals surface area contributed by atoms with Crippen LogP contribution in [0.1, 0.15) is 27.7 Å². The van der Waals surface area contributed by atoms with Crippen molar-refractivity contribution in [2.75, 3.05) is 13.1 Å². The smallest absolute Gasteiger partial charge is 0.249 e. The van der Waals surface area contributed by atoms with Crippen LogP contribution in [0.15, 0.2) is 11.1 Å². The van der Waals surface area contributed by atoms with E-state index in [1.165, 1.54) is 0 Å². The van der Waals surface area contributed by atoms with Gasteiger partial charge in [-0.15, -0.1) is 0 Å². The van der Waals surface area contributed by atoms with Gasteiger partial charge in [-0.2, -0.15) is 0 Å². The second-order valence-corrected chi connectivity index (χ2v) is 3.94.